The molecule has 0 spiro atoms. The van der Waals surface area contributed by atoms with E-state index in [1.807, 2.05) is 0 Å². The maximum absolute atomic E-state index is 11.9. The number of benzene rings is 1. The van der Waals surface area contributed by atoms with E-state index in [-0.39, 0.29) is 11.3 Å². The molecule has 0 heterocycles. The van der Waals surface area contributed by atoms with Gasteiger partial charge in [-0.1, -0.05) is 19.4 Å². The van der Waals surface area contributed by atoms with Gasteiger partial charge in [0.2, 0.25) is 0 Å². The molecular formula is C14H17N3O3. The van der Waals surface area contributed by atoms with Crippen molar-refractivity contribution in [2.24, 2.45) is 11.0 Å². The Kier molecular flexibility index (Phi) is 4.45. The average molecular weight is 275 g/mol. The van der Waals surface area contributed by atoms with Crippen LogP contribution in [0.2, 0.25) is 0 Å². The number of carbonyl (C=O) groups is 1. The van der Waals surface area contributed by atoms with E-state index in [0.717, 1.165) is 25.0 Å². The SMILES string of the molecule is C[C@H]1CCCC/C1=N/NC(=O)c1cccc([N+](=O)[O-])c1. The lowest BCUT2D eigenvalue weighted by Gasteiger charge is -2.19. The van der Waals surface area contributed by atoms with Gasteiger partial charge in [-0.15, -0.1) is 0 Å². The van der Waals surface area contributed by atoms with E-state index in [1.165, 1.54) is 30.7 Å². The summed E-state index contributed by atoms with van der Waals surface area (Å²) in [7, 11) is 0. The molecule has 6 heteroatoms. The normalized spacial score (nSPS) is 20.6. The number of hydrogen-bond donors (Lipinski definition) is 1. The number of carbonyl (C=O) groups excluding carboxylic acids is 1. The summed E-state index contributed by atoms with van der Waals surface area (Å²) in [6, 6.07) is 5.63. The summed E-state index contributed by atoms with van der Waals surface area (Å²) in [6.07, 6.45) is 4.27. The maximum Gasteiger partial charge on any atom is 0.271 e. The van der Waals surface area contributed by atoms with Crippen molar-refractivity contribution in [1.29, 1.82) is 0 Å². The van der Waals surface area contributed by atoms with Crippen molar-refractivity contribution >= 4 is 17.3 Å². The molecule has 1 N–H and O–H groups in total. The Bertz CT molecular complexity index is 554. The molecule has 1 fully saturated rings. The third-order valence-corrected chi connectivity index (χ3v) is 3.51. The summed E-state index contributed by atoms with van der Waals surface area (Å²) in [4.78, 5) is 22.1. The number of nitrogens with zero attached hydrogens (tertiary/aromatic N) is 2. The molecule has 0 unspecified atom stereocenters. The Morgan fingerprint density at radius 3 is 2.95 bits per heavy atom. The molecule has 0 aromatic heterocycles. The molecular weight excluding hydrogens is 258 g/mol. The maximum atomic E-state index is 11.9. The fourth-order valence-electron chi connectivity index (χ4n) is 2.28. The van der Waals surface area contributed by atoms with Crippen molar-refractivity contribution in [2.45, 2.75) is 32.6 Å². The number of hydrogen-bond acceptors (Lipinski definition) is 4. The molecule has 1 aromatic rings. The molecule has 1 aliphatic rings. The summed E-state index contributed by atoms with van der Waals surface area (Å²) in [6.45, 7) is 2.09. The first-order chi connectivity index (χ1) is 9.58. The van der Waals surface area contributed by atoms with E-state index in [1.54, 1.807) is 0 Å². The molecule has 1 atom stereocenters. The Balaban J connectivity index is 2.06. The smallest absolute Gasteiger partial charge is 0.267 e. The number of hydrazone groups is 1. The number of rotatable bonds is 3. The molecule has 0 saturated heterocycles. The van der Waals surface area contributed by atoms with Crippen molar-refractivity contribution in [2.75, 3.05) is 0 Å². The van der Waals surface area contributed by atoms with Gasteiger partial charge in [-0.05, 0) is 31.2 Å². The highest BCUT2D eigenvalue weighted by molar-refractivity contribution is 5.96. The van der Waals surface area contributed by atoms with E-state index in [4.69, 9.17) is 0 Å². The lowest BCUT2D eigenvalue weighted by Crippen LogP contribution is -2.24. The molecule has 106 valence electrons. The van der Waals surface area contributed by atoms with Crippen LogP contribution in [0.4, 0.5) is 5.69 Å². The van der Waals surface area contributed by atoms with Crippen molar-refractivity contribution < 1.29 is 9.72 Å². The van der Waals surface area contributed by atoms with Gasteiger partial charge in [-0.25, -0.2) is 5.43 Å². The minimum Gasteiger partial charge on any atom is -0.267 e. The van der Waals surface area contributed by atoms with Crippen LogP contribution in [0.3, 0.4) is 0 Å². The molecule has 0 aliphatic heterocycles. The van der Waals surface area contributed by atoms with Crippen LogP contribution in [-0.4, -0.2) is 16.5 Å². The minimum absolute atomic E-state index is 0.101. The lowest BCUT2D eigenvalue weighted by molar-refractivity contribution is -0.384. The van der Waals surface area contributed by atoms with Crippen LogP contribution in [0.25, 0.3) is 0 Å². The Morgan fingerprint density at radius 2 is 2.25 bits per heavy atom. The molecule has 0 radical (unpaired) electrons. The van der Waals surface area contributed by atoms with Gasteiger partial charge >= 0.3 is 0 Å². The van der Waals surface area contributed by atoms with Crippen molar-refractivity contribution in [3.63, 3.8) is 0 Å². The number of amides is 1. The van der Waals surface area contributed by atoms with E-state index in [2.05, 4.69) is 17.5 Å². The zero-order valence-corrected chi connectivity index (χ0v) is 11.3. The first kappa shape index (κ1) is 14.2. The summed E-state index contributed by atoms with van der Waals surface area (Å²) in [5.41, 5.74) is 3.63. The van der Waals surface area contributed by atoms with Crippen molar-refractivity contribution in [1.82, 2.24) is 5.43 Å². The topological polar surface area (TPSA) is 84.6 Å². The molecule has 1 amide bonds. The van der Waals surface area contributed by atoms with Crippen LogP contribution in [0.5, 0.6) is 0 Å². The Morgan fingerprint density at radius 1 is 1.45 bits per heavy atom. The van der Waals surface area contributed by atoms with E-state index >= 15 is 0 Å². The van der Waals surface area contributed by atoms with Crippen molar-refractivity contribution in [3.8, 4) is 0 Å². The average Bonchev–Trinajstić information content (AvgIpc) is 2.46. The molecule has 1 saturated carbocycles. The Labute approximate surface area is 117 Å². The zero-order chi connectivity index (χ0) is 14.5. The predicted molar refractivity (Wildman–Crippen MR) is 75.6 cm³/mol. The number of nitro groups is 1. The van der Waals surface area contributed by atoms with E-state index < -0.39 is 10.8 Å². The van der Waals surface area contributed by atoms with Crippen LogP contribution in [-0.2, 0) is 0 Å². The minimum atomic E-state index is -0.522. The monoisotopic (exact) mass is 275 g/mol. The van der Waals surface area contributed by atoms with E-state index in [9.17, 15) is 14.9 Å². The van der Waals surface area contributed by atoms with Gasteiger partial charge in [0.05, 0.1) is 4.92 Å². The second-order valence-corrected chi connectivity index (χ2v) is 5.00. The fraction of sp³-hybridized carbons (Fsp3) is 0.429. The van der Waals surface area contributed by atoms with Gasteiger partial charge in [-0.2, -0.15) is 5.10 Å². The molecule has 1 aliphatic carbocycles. The number of nitro benzene ring substituents is 1. The highest BCUT2D eigenvalue weighted by Crippen LogP contribution is 2.20. The highest BCUT2D eigenvalue weighted by atomic mass is 16.6. The third-order valence-electron chi connectivity index (χ3n) is 3.51. The van der Waals surface area contributed by atoms with Gasteiger partial charge in [0.25, 0.3) is 11.6 Å². The summed E-state index contributed by atoms with van der Waals surface area (Å²) >= 11 is 0. The zero-order valence-electron chi connectivity index (χ0n) is 11.3. The van der Waals surface area contributed by atoms with Gasteiger partial charge < -0.3 is 0 Å². The largest absolute Gasteiger partial charge is 0.271 e. The van der Waals surface area contributed by atoms with Crippen LogP contribution in [0, 0.1) is 16.0 Å². The molecule has 1 aromatic carbocycles. The Hall–Kier alpha value is -2.24. The van der Waals surface area contributed by atoms with Crippen LogP contribution >= 0.6 is 0 Å². The summed E-state index contributed by atoms with van der Waals surface area (Å²) < 4.78 is 0. The van der Waals surface area contributed by atoms with Crippen molar-refractivity contribution in [3.05, 3.63) is 39.9 Å². The van der Waals surface area contributed by atoms with Crippen LogP contribution in [0.15, 0.2) is 29.4 Å². The summed E-state index contributed by atoms with van der Waals surface area (Å²) in [5, 5.41) is 14.8. The molecule has 2 rings (SSSR count). The fourth-order valence-corrected chi connectivity index (χ4v) is 2.28. The first-order valence-corrected chi connectivity index (χ1v) is 6.69. The second-order valence-electron chi connectivity index (χ2n) is 5.00. The first-order valence-electron chi connectivity index (χ1n) is 6.69. The van der Waals surface area contributed by atoms with Gasteiger partial charge in [0.1, 0.15) is 0 Å². The van der Waals surface area contributed by atoms with Gasteiger partial charge in [-0.3, -0.25) is 14.9 Å². The van der Waals surface area contributed by atoms with Gasteiger partial charge in [0.15, 0.2) is 0 Å². The molecule has 0 bridgehead atoms. The standard InChI is InChI=1S/C14H17N3O3/c1-10-5-2-3-8-13(10)15-16-14(18)11-6-4-7-12(9-11)17(19)20/h4,6-7,9-10H,2-3,5,8H2,1H3,(H,16,18)/b15-13-/t10-/m0/s1. The quantitative estimate of drug-likeness (QED) is 0.680. The predicted octanol–water partition coefficient (Wildman–Crippen LogP) is 2.89. The third kappa shape index (κ3) is 3.40. The highest BCUT2D eigenvalue weighted by Gasteiger charge is 2.17. The summed E-state index contributed by atoms with van der Waals surface area (Å²) in [5.74, 6) is -0.0341. The number of non-ortho nitro benzene ring substituents is 1. The van der Waals surface area contributed by atoms with E-state index in [0.29, 0.717) is 5.92 Å². The molecule has 6 nitrogen and oxygen atoms in total. The second kappa shape index (κ2) is 6.27. The van der Waals surface area contributed by atoms with Crippen LogP contribution < -0.4 is 5.43 Å². The number of nitrogens with one attached hydrogen (secondary N) is 1. The van der Waals surface area contributed by atoms with Gasteiger partial charge in [0, 0.05) is 23.4 Å². The molecule has 20 heavy (non-hydrogen) atoms. The lowest BCUT2D eigenvalue weighted by atomic mass is 9.89. The van der Waals surface area contributed by atoms with Crippen LogP contribution in [0.1, 0.15) is 43.0 Å².